The third-order valence-corrected chi connectivity index (χ3v) is 1.93. The van der Waals surface area contributed by atoms with Crippen LogP contribution in [-0.4, -0.2) is 28.2 Å². The Morgan fingerprint density at radius 2 is 2.40 bits per heavy atom. The van der Waals surface area contributed by atoms with Gasteiger partial charge in [-0.15, -0.1) is 0 Å². The molecule has 0 radical (unpaired) electrons. The first-order chi connectivity index (χ1) is 7.26. The summed E-state index contributed by atoms with van der Waals surface area (Å²) < 4.78 is 0. The van der Waals surface area contributed by atoms with E-state index in [2.05, 4.69) is 15.3 Å². The number of H-pyrrole nitrogens is 1. The molecule has 0 spiro atoms. The Kier molecular flexibility index (Phi) is 4.83. The van der Waals surface area contributed by atoms with Gasteiger partial charge in [-0.25, -0.2) is 4.98 Å². The van der Waals surface area contributed by atoms with Crippen molar-refractivity contribution in [3.05, 3.63) is 22.1 Å². The summed E-state index contributed by atoms with van der Waals surface area (Å²) >= 11 is 0. The number of rotatable bonds is 6. The molecule has 1 rings (SSSR count). The van der Waals surface area contributed by atoms with E-state index < -0.39 is 0 Å². The smallest absolute Gasteiger partial charge is 0.252 e. The minimum absolute atomic E-state index is 0.131. The molecule has 1 heterocycles. The number of hydrogen-bond donors (Lipinski definition) is 3. The predicted octanol–water partition coefficient (Wildman–Crippen LogP) is 0.517. The molecule has 0 bridgehead atoms. The molecule has 0 aliphatic heterocycles. The summed E-state index contributed by atoms with van der Waals surface area (Å²) in [5, 5.41) is 11.6. The molecular weight excluding hydrogens is 194 g/mol. The first kappa shape index (κ1) is 11.7. The van der Waals surface area contributed by atoms with Gasteiger partial charge in [0.05, 0.1) is 0 Å². The van der Waals surface area contributed by atoms with E-state index in [1.807, 2.05) is 6.92 Å². The van der Waals surface area contributed by atoms with E-state index in [1.54, 1.807) is 0 Å². The average molecular weight is 211 g/mol. The highest BCUT2D eigenvalue weighted by molar-refractivity contribution is 5.24. The number of aromatic nitrogens is 2. The number of aliphatic hydroxyl groups excluding tert-OH is 1. The van der Waals surface area contributed by atoms with Gasteiger partial charge in [0, 0.05) is 24.9 Å². The Labute approximate surface area is 88.6 Å². The molecule has 3 N–H and O–H groups in total. The molecule has 0 amide bonds. The van der Waals surface area contributed by atoms with Gasteiger partial charge in [0.15, 0.2) is 0 Å². The molecule has 0 atom stereocenters. The molecule has 0 saturated carbocycles. The third-order valence-electron chi connectivity index (χ3n) is 1.93. The predicted molar refractivity (Wildman–Crippen MR) is 59.0 cm³/mol. The second kappa shape index (κ2) is 6.19. The number of hydrogen-bond acceptors (Lipinski definition) is 4. The van der Waals surface area contributed by atoms with Crippen LogP contribution >= 0.6 is 0 Å². The van der Waals surface area contributed by atoms with Gasteiger partial charge in [-0.05, 0) is 12.8 Å². The lowest BCUT2D eigenvalue weighted by atomic mass is 10.2. The summed E-state index contributed by atoms with van der Waals surface area (Å²) in [6.07, 6.45) is 2.41. The maximum atomic E-state index is 11.2. The molecule has 0 aromatic carbocycles. The Balaban J connectivity index is 2.66. The Bertz CT molecular complexity index is 349. The third kappa shape index (κ3) is 4.12. The van der Waals surface area contributed by atoms with E-state index in [0.29, 0.717) is 18.9 Å². The van der Waals surface area contributed by atoms with Crippen molar-refractivity contribution >= 4 is 5.95 Å². The van der Waals surface area contributed by atoms with Crippen molar-refractivity contribution in [2.75, 3.05) is 18.5 Å². The van der Waals surface area contributed by atoms with Gasteiger partial charge in [-0.3, -0.25) is 9.78 Å². The molecule has 15 heavy (non-hydrogen) atoms. The largest absolute Gasteiger partial charge is 0.396 e. The van der Waals surface area contributed by atoms with Crippen LogP contribution in [0.15, 0.2) is 10.9 Å². The molecule has 5 nitrogen and oxygen atoms in total. The van der Waals surface area contributed by atoms with Gasteiger partial charge in [0.2, 0.25) is 5.95 Å². The fourth-order valence-electron chi connectivity index (χ4n) is 1.26. The Morgan fingerprint density at radius 1 is 1.60 bits per heavy atom. The molecule has 0 aliphatic rings. The fourth-order valence-corrected chi connectivity index (χ4v) is 1.26. The zero-order valence-corrected chi connectivity index (χ0v) is 8.92. The highest BCUT2D eigenvalue weighted by Gasteiger charge is 1.99. The zero-order chi connectivity index (χ0) is 11.1. The first-order valence-electron chi connectivity index (χ1n) is 5.21. The van der Waals surface area contributed by atoms with Crippen molar-refractivity contribution in [2.24, 2.45) is 0 Å². The van der Waals surface area contributed by atoms with Crippen molar-refractivity contribution in [2.45, 2.75) is 26.2 Å². The van der Waals surface area contributed by atoms with E-state index in [4.69, 9.17) is 5.11 Å². The van der Waals surface area contributed by atoms with Crippen molar-refractivity contribution < 1.29 is 5.11 Å². The van der Waals surface area contributed by atoms with E-state index in [0.717, 1.165) is 18.5 Å². The van der Waals surface area contributed by atoms with Gasteiger partial charge in [-0.2, -0.15) is 0 Å². The number of aryl methyl sites for hydroxylation is 1. The van der Waals surface area contributed by atoms with Crippen LogP contribution in [0.4, 0.5) is 5.95 Å². The zero-order valence-electron chi connectivity index (χ0n) is 8.92. The van der Waals surface area contributed by atoms with Crippen LogP contribution < -0.4 is 10.9 Å². The molecule has 0 aliphatic carbocycles. The summed E-state index contributed by atoms with van der Waals surface area (Å²) in [6, 6.07) is 1.51. The molecule has 1 aromatic rings. The lowest BCUT2D eigenvalue weighted by molar-refractivity contribution is 0.292. The number of aromatic amines is 1. The summed E-state index contributed by atoms with van der Waals surface area (Å²) in [5.74, 6) is 0.486. The van der Waals surface area contributed by atoms with Crippen LogP contribution in [0.5, 0.6) is 0 Å². The average Bonchev–Trinajstić information content (AvgIpc) is 2.18. The van der Waals surface area contributed by atoms with Crippen LogP contribution in [0.2, 0.25) is 0 Å². The van der Waals surface area contributed by atoms with Gasteiger partial charge in [-0.1, -0.05) is 13.3 Å². The molecule has 1 aromatic heterocycles. The SMILES string of the molecule is CCCc1cc(=O)[nH]c(NCCCO)n1. The highest BCUT2D eigenvalue weighted by atomic mass is 16.3. The van der Waals surface area contributed by atoms with Crippen LogP contribution in [0.25, 0.3) is 0 Å². The van der Waals surface area contributed by atoms with E-state index in [1.165, 1.54) is 6.07 Å². The van der Waals surface area contributed by atoms with Gasteiger partial charge >= 0.3 is 0 Å². The summed E-state index contributed by atoms with van der Waals surface area (Å²) in [5.41, 5.74) is 0.660. The van der Waals surface area contributed by atoms with Crippen LogP contribution in [0.3, 0.4) is 0 Å². The topological polar surface area (TPSA) is 78.0 Å². The number of nitrogens with zero attached hydrogens (tertiary/aromatic N) is 1. The minimum Gasteiger partial charge on any atom is -0.396 e. The van der Waals surface area contributed by atoms with Crippen molar-refractivity contribution in [1.29, 1.82) is 0 Å². The van der Waals surface area contributed by atoms with Crippen LogP contribution in [0.1, 0.15) is 25.5 Å². The van der Waals surface area contributed by atoms with Gasteiger partial charge in [0.1, 0.15) is 0 Å². The van der Waals surface area contributed by atoms with E-state index in [-0.39, 0.29) is 12.2 Å². The van der Waals surface area contributed by atoms with Crippen molar-refractivity contribution in [3.63, 3.8) is 0 Å². The van der Waals surface area contributed by atoms with E-state index >= 15 is 0 Å². The first-order valence-corrected chi connectivity index (χ1v) is 5.21. The van der Waals surface area contributed by atoms with Gasteiger partial charge in [0.25, 0.3) is 5.56 Å². The summed E-state index contributed by atoms with van der Waals surface area (Å²) in [4.78, 5) is 18.1. The van der Waals surface area contributed by atoms with E-state index in [9.17, 15) is 4.79 Å². The van der Waals surface area contributed by atoms with Gasteiger partial charge < -0.3 is 10.4 Å². The Morgan fingerprint density at radius 3 is 3.07 bits per heavy atom. The fraction of sp³-hybridized carbons (Fsp3) is 0.600. The maximum Gasteiger partial charge on any atom is 0.252 e. The van der Waals surface area contributed by atoms with Crippen LogP contribution in [0, 0.1) is 0 Å². The quantitative estimate of drug-likeness (QED) is 0.599. The standard InChI is InChI=1S/C10H17N3O2/c1-2-4-8-7-9(15)13-10(12-8)11-5-3-6-14/h7,14H,2-6H2,1H3,(H2,11,12,13,15). The molecule has 5 heteroatoms. The van der Waals surface area contributed by atoms with Crippen LogP contribution in [-0.2, 0) is 6.42 Å². The normalized spacial score (nSPS) is 10.3. The second-order valence-corrected chi connectivity index (χ2v) is 3.34. The number of aliphatic hydroxyl groups is 1. The maximum absolute atomic E-state index is 11.2. The summed E-state index contributed by atoms with van der Waals surface area (Å²) in [6.45, 7) is 2.78. The molecule has 0 unspecified atom stereocenters. The molecule has 0 saturated heterocycles. The second-order valence-electron chi connectivity index (χ2n) is 3.34. The number of anilines is 1. The summed E-state index contributed by atoms with van der Waals surface area (Å²) in [7, 11) is 0. The van der Waals surface area contributed by atoms with Crippen molar-refractivity contribution in [3.8, 4) is 0 Å². The molecule has 0 fully saturated rings. The minimum atomic E-state index is -0.139. The molecule has 84 valence electrons. The van der Waals surface area contributed by atoms with Crippen molar-refractivity contribution in [1.82, 2.24) is 9.97 Å². The molecular formula is C10H17N3O2. The monoisotopic (exact) mass is 211 g/mol. The lowest BCUT2D eigenvalue weighted by Gasteiger charge is -2.05. The lowest BCUT2D eigenvalue weighted by Crippen LogP contribution is -2.15. The highest BCUT2D eigenvalue weighted by Crippen LogP contribution is 2.00. The number of nitrogens with one attached hydrogen (secondary N) is 2. The Hall–Kier alpha value is -1.36.